The van der Waals surface area contributed by atoms with Gasteiger partial charge in [0.05, 0.1) is 28.1 Å². The van der Waals surface area contributed by atoms with Crippen LogP contribution in [0.15, 0.2) is 60.7 Å². The van der Waals surface area contributed by atoms with Crippen molar-refractivity contribution in [2.45, 2.75) is 12.8 Å². The van der Waals surface area contributed by atoms with Crippen LogP contribution in [0, 0.1) is 11.8 Å². The minimum atomic E-state index is -0.726. The molecule has 2 aromatic carbocycles. The molecule has 0 unspecified atom stereocenters. The number of hydrogen-bond donors (Lipinski definition) is 0. The zero-order chi connectivity index (χ0) is 21.3. The van der Waals surface area contributed by atoms with Gasteiger partial charge in [-0.15, -0.1) is 0 Å². The van der Waals surface area contributed by atoms with E-state index in [0.717, 1.165) is 4.90 Å². The third-order valence-electron chi connectivity index (χ3n) is 5.36. The second kappa shape index (κ2) is 8.24. The number of allylic oxidation sites excluding steroid dienone is 2. The van der Waals surface area contributed by atoms with E-state index in [1.54, 1.807) is 36.4 Å². The van der Waals surface area contributed by atoms with Crippen LogP contribution >= 0.6 is 11.6 Å². The van der Waals surface area contributed by atoms with Gasteiger partial charge in [-0.25, -0.2) is 4.79 Å². The van der Waals surface area contributed by atoms with E-state index in [1.165, 1.54) is 12.1 Å². The van der Waals surface area contributed by atoms with E-state index in [1.807, 2.05) is 12.2 Å². The van der Waals surface area contributed by atoms with E-state index in [-0.39, 0.29) is 39.8 Å². The molecule has 2 atom stereocenters. The summed E-state index contributed by atoms with van der Waals surface area (Å²) in [5.74, 6) is -2.37. The van der Waals surface area contributed by atoms with Crippen LogP contribution in [-0.4, -0.2) is 30.2 Å². The van der Waals surface area contributed by atoms with Crippen molar-refractivity contribution in [1.29, 1.82) is 0 Å². The molecule has 30 heavy (non-hydrogen) atoms. The number of esters is 1. The Morgan fingerprint density at radius 3 is 2.30 bits per heavy atom. The van der Waals surface area contributed by atoms with E-state index < -0.39 is 18.4 Å². The number of ketones is 1. The van der Waals surface area contributed by atoms with Crippen LogP contribution in [0.25, 0.3) is 0 Å². The lowest BCUT2D eigenvalue weighted by Crippen LogP contribution is -2.31. The molecule has 0 saturated carbocycles. The SMILES string of the molecule is O=C(OCC(=O)c1ccccc1Cl)c1cccc(N2C(=O)[C@H]3CC=CC[C@H]3C2=O)c1. The van der Waals surface area contributed by atoms with Crippen molar-refractivity contribution in [3.05, 3.63) is 76.8 Å². The third-order valence-corrected chi connectivity index (χ3v) is 5.69. The number of hydrogen-bond acceptors (Lipinski definition) is 5. The van der Waals surface area contributed by atoms with Gasteiger partial charge in [0.2, 0.25) is 17.6 Å². The third kappa shape index (κ3) is 3.66. The van der Waals surface area contributed by atoms with Crippen molar-refractivity contribution in [3.63, 3.8) is 0 Å². The lowest BCUT2D eigenvalue weighted by molar-refractivity contribution is -0.122. The maximum Gasteiger partial charge on any atom is 0.338 e. The Hall–Kier alpha value is -3.25. The van der Waals surface area contributed by atoms with Gasteiger partial charge in [0.15, 0.2) is 6.61 Å². The average Bonchev–Trinajstić information content (AvgIpc) is 3.02. The molecular weight excluding hydrogens is 406 g/mol. The number of halogens is 1. The second-order valence-electron chi connectivity index (χ2n) is 7.20. The molecule has 1 fully saturated rings. The van der Waals surface area contributed by atoms with Crippen LogP contribution in [0.2, 0.25) is 5.02 Å². The molecule has 2 aromatic rings. The van der Waals surface area contributed by atoms with Crippen LogP contribution in [-0.2, 0) is 14.3 Å². The van der Waals surface area contributed by atoms with Crippen molar-refractivity contribution in [2.24, 2.45) is 11.8 Å². The summed E-state index contributed by atoms with van der Waals surface area (Å²) in [7, 11) is 0. The van der Waals surface area contributed by atoms with Gasteiger partial charge in [-0.1, -0.05) is 42.0 Å². The maximum atomic E-state index is 12.7. The fourth-order valence-electron chi connectivity index (χ4n) is 3.81. The first kappa shape index (κ1) is 20.0. The van der Waals surface area contributed by atoms with Crippen LogP contribution in [0.4, 0.5) is 5.69 Å². The molecule has 152 valence electrons. The Bertz CT molecular complexity index is 1050. The standard InChI is InChI=1S/C23H18ClNO5/c24-19-11-4-3-10-18(19)20(26)13-30-23(29)14-6-5-7-15(12-14)25-21(27)16-8-1-2-9-17(16)22(25)28/h1-7,10-12,16-17H,8-9,13H2/t16-,17+. The topological polar surface area (TPSA) is 80.8 Å². The normalized spacial score (nSPS) is 20.2. The van der Waals surface area contributed by atoms with Crippen LogP contribution < -0.4 is 4.90 Å². The minimum Gasteiger partial charge on any atom is -0.454 e. The molecule has 1 saturated heterocycles. The number of nitrogens with zero attached hydrogens (tertiary/aromatic N) is 1. The smallest absolute Gasteiger partial charge is 0.338 e. The number of fused-ring (bicyclic) bond motifs is 1. The Balaban J connectivity index is 1.48. The number of imide groups is 1. The quantitative estimate of drug-likeness (QED) is 0.316. The molecule has 7 heteroatoms. The van der Waals surface area contributed by atoms with E-state index in [0.29, 0.717) is 18.5 Å². The number of amides is 2. The highest BCUT2D eigenvalue weighted by atomic mass is 35.5. The largest absolute Gasteiger partial charge is 0.454 e. The monoisotopic (exact) mass is 423 g/mol. The van der Waals surface area contributed by atoms with Crippen molar-refractivity contribution in [3.8, 4) is 0 Å². The molecule has 0 radical (unpaired) electrons. The summed E-state index contributed by atoms with van der Waals surface area (Å²) in [5, 5.41) is 0.280. The molecule has 2 aliphatic rings. The molecule has 2 amide bonds. The second-order valence-corrected chi connectivity index (χ2v) is 7.60. The summed E-state index contributed by atoms with van der Waals surface area (Å²) >= 11 is 5.99. The van der Waals surface area contributed by atoms with Gasteiger partial charge in [0, 0.05) is 5.56 Å². The first-order chi connectivity index (χ1) is 14.5. The Labute approximate surface area is 178 Å². The van der Waals surface area contributed by atoms with Crippen molar-refractivity contribution in [1.82, 2.24) is 0 Å². The van der Waals surface area contributed by atoms with Crippen LogP contribution in [0.1, 0.15) is 33.6 Å². The predicted octanol–water partition coefficient (Wildman–Crippen LogP) is 3.84. The molecule has 6 nitrogen and oxygen atoms in total. The van der Waals surface area contributed by atoms with Gasteiger partial charge in [-0.05, 0) is 43.2 Å². The van der Waals surface area contributed by atoms with Gasteiger partial charge in [0.25, 0.3) is 0 Å². The van der Waals surface area contributed by atoms with E-state index in [9.17, 15) is 19.2 Å². The summed E-state index contributed by atoms with van der Waals surface area (Å²) in [6.45, 7) is -0.468. The number of carbonyl (C=O) groups is 4. The lowest BCUT2D eigenvalue weighted by Gasteiger charge is -2.15. The predicted molar refractivity (Wildman–Crippen MR) is 110 cm³/mol. The lowest BCUT2D eigenvalue weighted by atomic mass is 9.85. The minimum absolute atomic E-state index is 0.146. The molecule has 4 rings (SSSR count). The fraction of sp³-hybridized carbons (Fsp3) is 0.217. The Morgan fingerprint density at radius 2 is 1.63 bits per heavy atom. The number of benzene rings is 2. The van der Waals surface area contributed by atoms with Gasteiger partial charge in [0.1, 0.15) is 0 Å². The summed E-state index contributed by atoms with van der Waals surface area (Å²) < 4.78 is 5.12. The van der Waals surface area contributed by atoms with E-state index in [2.05, 4.69) is 0 Å². The molecule has 0 spiro atoms. The highest BCUT2D eigenvalue weighted by molar-refractivity contribution is 6.34. The molecule has 1 heterocycles. The highest BCUT2D eigenvalue weighted by Gasteiger charge is 2.47. The summed E-state index contributed by atoms with van der Waals surface area (Å²) in [4.78, 5) is 51.3. The number of Topliss-reactive ketones (excluding diaryl/α,β-unsaturated/α-hetero) is 1. The van der Waals surface area contributed by atoms with Gasteiger partial charge in [-0.3, -0.25) is 19.3 Å². The van der Waals surface area contributed by atoms with Crippen molar-refractivity contribution >= 4 is 40.9 Å². The Kier molecular flexibility index (Phi) is 5.50. The number of ether oxygens (including phenoxy) is 1. The molecule has 1 aliphatic heterocycles. The van der Waals surface area contributed by atoms with Gasteiger partial charge in [-0.2, -0.15) is 0 Å². The highest BCUT2D eigenvalue weighted by Crippen LogP contribution is 2.37. The maximum absolute atomic E-state index is 12.7. The fourth-order valence-corrected chi connectivity index (χ4v) is 4.05. The van der Waals surface area contributed by atoms with Gasteiger partial charge >= 0.3 is 5.97 Å². The van der Waals surface area contributed by atoms with Crippen molar-refractivity contribution < 1.29 is 23.9 Å². The van der Waals surface area contributed by atoms with Crippen molar-refractivity contribution in [2.75, 3.05) is 11.5 Å². The summed E-state index contributed by atoms with van der Waals surface area (Å²) in [5.41, 5.74) is 0.740. The van der Waals surface area contributed by atoms with E-state index >= 15 is 0 Å². The zero-order valence-electron chi connectivity index (χ0n) is 15.9. The average molecular weight is 424 g/mol. The Morgan fingerprint density at radius 1 is 0.967 bits per heavy atom. The molecule has 0 aromatic heterocycles. The van der Waals surface area contributed by atoms with E-state index in [4.69, 9.17) is 16.3 Å². The van der Waals surface area contributed by atoms with Crippen LogP contribution in [0.5, 0.6) is 0 Å². The molecular formula is C23H18ClNO5. The first-order valence-electron chi connectivity index (χ1n) is 9.55. The summed E-state index contributed by atoms with van der Waals surface area (Å²) in [6.07, 6.45) is 4.91. The molecule has 0 bridgehead atoms. The molecule has 1 aliphatic carbocycles. The summed E-state index contributed by atoms with van der Waals surface area (Å²) in [6, 6.07) is 12.6. The number of carbonyl (C=O) groups excluding carboxylic acids is 4. The first-order valence-corrected chi connectivity index (χ1v) is 9.93. The number of anilines is 1. The van der Waals surface area contributed by atoms with Crippen LogP contribution in [0.3, 0.4) is 0 Å². The number of rotatable bonds is 5. The molecule has 0 N–H and O–H groups in total. The van der Waals surface area contributed by atoms with Gasteiger partial charge < -0.3 is 4.74 Å². The zero-order valence-corrected chi connectivity index (χ0v) is 16.7.